The molecule has 6 heteroatoms. The van der Waals surface area contributed by atoms with Crippen LogP contribution in [0.25, 0.3) is 0 Å². The highest BCUT2D eigenvalue weighted by molar-refractivity contribution is 5.78. The summed E-state index contributed by atoms with van der Waals surface area (Å²) >= 11 is 0. The van der Waals surface area contributed by atoms with Gasteiger partial charge in [-0.2, -0.15) is 5.10 Å². The van der Waals surface area contributed by atoms with Gasteiger partial charge in [-0.1, -0.05) is 43.2 Å². The Kier molecular flexibility index (Phi) is 6.62. The van der Waals surface area contributed by atoms with E-state index < -0.39 is 0 Å². The van der Waals surface area contributed by atoms with Gasteiger partial charge in [0, 0.05) is 37.3 Å². The van der Waals surface area contributed by atoms with Crippen LogP contribution in [0.1, 0.15) is 44.1 Å². The van der Waals surface area contributed by atoms with Crippen LogP contribution in [-0.2, 0) is 10.2 Å². The van der Waals surface area contributed by atoms with Crippen molar-refractivity contribution in [2.75, 3.05) is 38.1 Å². The van der Waals surface area contributed by atoms with Crippen molar-refractivity contribution in [2.24, 2.45) is 0 Å². The summed E-state index contributed by atoms with van der Waals surface area (Å²) in [5.74, 6) is 1.05. The van der Waals surface area contributed by atoms with Crippen molar-refractivity contribution in [2.45, 2.75) is 50.0 Å². The summed E-state index contributed by atoms with van der Waals surface area (Å²) < 4.78 is 0. The van der Waals surface area contributed by atoms with Gasteiger partial charge in [-0.15, -0.1) is 5.10 Å². The summed E-state index contributed by atoms with van der Waals surface area (Å²) in [5, 5.41) is 11.5. The van der Waals surface area contributed by atoms with Crippen molar-refractivity contribution in [3.8, 4) is 0 Å². The van der Waals surface area contributed by atoms with Gasteiger partial charge in [-0.25, -0.2) is 0 Å². The molecule has 2 aliphatic rings. The lowest BCUT2D eigenvalue weighted by atomic mass is 9.79. The van der Waals surface area contributed by atoms with Gasteiger partial charge in [0.05, 0.1) is 6.54 Å². The van der Waals surface area contributed by atoms with Crippen molar-refractivity contribution < 1.29 is 4.79 Å². The summed E-state index contributed by atoms with van der Waals surface area (Å²) in [7, 11) is 2.04. The fourth-order valence-electron chi connectivity index (χ4n) is 5.18. The maximum absolute atomic E-state index is 12.7. The summed E-state index contributed by atoms with van der Waals surface area (Å²) in [6.45, 7) is 3.02. The van der Waals surface area contributed by atoms with E-state index in [1.807, 2.05) is 19.2 Å². The van der Waals surface area contributed by atoms with E-state index in [9.17, 15) is 4.79 Å². The highest BCUT2D eigenvalue weighted by Crippen LogP contribution is 2.40. The van der Waals surface area contributed by atoms with Gasteiger partial charge in [0.1, 0.15) is 0 Å². The number of carbonyl (C=O) groups excluding carboxylic acids is 1. The van der Waals surface area contributed by atoms with Gasteiger partial charge in [-0.05, 0) is 50.4 Å². The number of carbonyl (C=O) groups is 1. The van der Waals surface area contributed by atoms with Gasteiger partial charge in [0.15, 0.2) is 5.82 Å². The van der Waals surface area contributed by atoms with E-state index in [0.717, 1.165) is 51.1 Å². The van der Waals surface area contributed by atoms with Crippen molar-refractivity contribution in [1.29, 1.82) is 0 Å². The molecule has 0 bridgehead atoms. The molecule has 1 saturated heterocycles. The first-order valence-electron chi connectivity index (χ1n) is 11.2. The van der Waals surface area contributed by atoms with Crippen molar-refractivity contribution in [3.05, 3.63) is 54.2 Å². The van der Waals surface area contributed by atoms with Crippen LogP contribution in [-0.4, -0.2) is 60.3 Å². The van der Waals surface area contributed by atoms with Gasteiger partial charge in [0.2, 0.25) is 5.91 Å². The smallest absolute Gasteiger partial charge is 0.234 e. The molecule has 1 N–H and O–H groups in total. The molecule has 1 saturated carbocycles. The number of rotatable bonds is 8. The van der Waals surface area contributed by atoms with Gasteiger partial charge in [-0.3, -0.25) is 9.69 Å². The van der Waals surface area contributed by atoms with Crippen LogP contribution in [0.3, 0.4) is 0 Å². The average molecular weight is 408 g/mol. The Bertz CT molecular complexity index is 807. The number of hydrogen-bond donors (Lipinski definition) is 1. The lowest BCUT2D eigenvalue weighted by molar-refractivity contribution is -0.122. The summed E-state index contributed by atoms with van der Waals surface area (Å²) in [4.78, 5) is 17.2. The number of amides is 1. The topological polar surface area (TPSA) is 61.4 Å². The molecule has 1 aliphatic carbocycles. The second kappa shape index (κ2) is 9.56. The molecule has 30 heavy (non-hydrogen) atoms. The Labute approximate surface area is 179 Å². The molecular weight excluding hydrogens is 374 g/mol. The Morgan fingerprint density at radius 2 is 1.97 bits per heavy atom. The number of nitrogens with one attached hydrogen (secondary N) is 1. The van der Waals surface area contributed by atoms with Gasteiger partial charge < -0.3 is 10.2 Å². The SMILES string of the molecule is CN(CC(=O)NCC1(c2ccccc2)CCCC1)CC1CCCN1c1cccnn1. The Morgan fingerprint density at radius 3 is 2.70 bits per heavy atom. The number of anilines is 1. The Balaban J connectivity index is 1.29. The molecule has 160 valence electrons. The molecule has 2 aromatic rings. The predicted molar refractivity (Wildman–Crippen MR) is 119 cm³/mol. The Hall–Kier alpha value is -2.47. The van der Waals surface area contributed by atoms with Crippen LogP contribution in [0, 0.1) is 0 Å². The van der Waals surface area contributed by atoms with E-state index in [1.54, 1.807) is 6.20 Å². The monoisotopic (exact) mass is 407 g/mol. The number of likely N-dealkylation sites (N-methyl/N-ethyl adjacent to an activating group) is 1. The molecule has 0 radical (unpaired) electrons. The molecule has 1 aliphatic heterocycles. The maximum atomic E-state index is 12.7. The number of aromatic nitrogens is 2. The van der Waals surface area contributed by atoms with E-state index in [2.05, 4.69) is 55.6 Å². The maximum Gasteiger partial charge on any atom is 0.234 e. The Morgan fingerprint density at radius 1 is 1.17 bits per heavy atom. The van der Waals surface area contributed by atoms with E-state index in [1.165, 1.54) is 18.4 Å². The normalized spacial score (nSPS) is 20.6. The predicted octanol–water partition coefficient (Wildman–Crippen LogP) is 3.01. The third kappa shape index (κ3) is 4.81. The second-order valence-electron chi connectivity index (χ2n) is 8.90. The average Bonchev–Trinajstić information content (AvgIpc) is 3.44. The molecule has 1 aromatic heterocycles. The van der Waals surface area contributed by atoms with Crippen LogP contribution in [0.4, 0.5) is 5.82 Å². The van der Waals surface area contributed by atoms with E-state index in [-0.39, 0.29) is 11.3 Å². The summed E-state index contributed by atoms with van der Waals surface area (Å²) in [6, 6.07) is 15.0. The zero-order chi connectivity index (χ0) is 20.8. The van der Waals surface area contributed by atoms with E-state index in [4.69, 9.17) is 0 Å². The lowest BCUT2D eigenvalue weighted by Gasteiger charge is -2.31. The zero-order valence-electron chi connectivity index (χ0n) is 18.0. The van der Waals surface area contributed by atoms with Crippen LogP contribution in [0.2, 0.25) is 0 Å². The molecule has 0 spiro atoms. The van der Waals surface area contributed by atoms with Crippen LogP contribution in [0.15, 0.2) is 48.7 Å². The molecule has 1 amide bonds. The third-order valence-corrected chi connectivity index (χ3v) is 6.74. The molecule has 2 fully saturated rings. The van der Waals surface area contributed by atoms with E-state index in [0.29, 0.717) is 12.6 Å². The quantitative estimate of drug-likeness (QED) is 0.729. The first-order chi connectivity index (χ1) is 14.7. The van der Waals surface area contributed by atoms with Crippen LogP contribution >= 0.6 is 0 Å². The molecular formula is C24H33N5O. The minimum absolute atomic E-state index is 0.101. The van der Waals surface area contributed by atoms with Crippen LogP contribution in [0.5, 0.6) is 0 Å². The lowest BCUT2D eigenvalue weighted by Crippen LogP contribution is -2.45. The first-order valence-corrected chi connectivity index (χ1v) is 11.2. The minimum Gasteiger partial charge on any atom is -0.354 e. The molecule has 1 atom stereocenters. The largest absolute Gasteiger partial charge is 0.354 e. The summed E-state index contributed by atoms with van der Waals surface area (Å²) in [5.41, 5.74) is 1.46. The highest BCUT2D eigenvalue weighted by atomic mass is 16.2. The first kappa shape index (κ1) is 20.8. The fourth-order valence-corrected chi connectivity index (χ4v) is 5.18. The standard InChI is InChI=1S/C24H33N5O/c1-28(17-21-11-8-16-29(21)22-12-7-15-26-27-22)18-23(30)25-19-24(13-5-6-14-24)20-9-3-2-4-10-20/h2-4,7,9-10,12,15,21H,5-6,8,11,13-14,16-19H2,1H3,(H,25,30). The number of nitrogens with zero attached hydrogens (tertiary/aromatic N) is 4. The molecule has 6 nitrogen and oxygen atoms in total. The molecule has 4 rings (SSSR count). The van der Waals surface area contributed by atoms with Crippen molar-refractivity contribution in [3.63, 3.8) is 0 Å². The summed E-state index contributed by atoms with van der Waals surface area (Å²) in [6.07, 6.45) is 8.78. The molecule has 1 aromatic carbocycles. The van der Waals surface area contributed by atoms with Crippen LogP contribution < -0.4 is 10.2 Å². The number of benzene rings is 1. The fraction of sp³-hybridized carbons (Fsp3) is 0.542. The second-order valence-corrected chi connectivity index (χ2v) is 8.90. The minimum atomic E-state index is 0.101. The number of hydrogen-bond acceptors (Lipinski definition) is 5. The van der Waals surface area contributed by atoms with Crippen molar-refractivity contribution >= 4 is 11.7 Å². The van der Waals surface area contributed by atoms with Gasteiger partial charge in [0.25, 0.3) is 0 Å². The third-order valence-electron chi connectivity index (χ3n) is 6.74. The van der Waals surface area contributed by atoms with E-state index >= 15 is 0 Å². The highest BCUT2D eigenvalue weighted by Gasteiger charge is 2.36. The molecule has 1 unspecified atom stereocenters. The zero-order valence-corrected chi connectivity index (χ0v) is 18.0. The van der Waals surface area contributed by atoms with Gasteiger partial charge >= 0.3 is 0 Å². The molecule has 2 heterocycles. The van der Waals surface area contributed by atoms with Crippen molar-refractivity contribution in [1.82, 2.24) is 20.4 Å².